The summed E-state index contributed by atoms with van der Waals surface area (Å²) in [6.45, 7) is 14.6. The number of rotatable bonds is 11. The highest BCUT2D eigenvalue weighted by Crippen LogP contribution is 2.36. The van der Waals surface area contributed by atoms with Crippen LogP contribution in [0.2, 0.25) is 0 Å². The average molecular weight is 437 g/mol. The maximum absolute atomic E-state index is 13.5. The molecule has 1 fully saturated rings. The van der Waals surface area contributed by atoms with Crippen LogP contribution in [0.1, 0.15) is 82.0 Å². The van der Waals surface area contributed by atoms with Gasteiger partial charge in [0.15, 0.2) is 0 Å². The quantitative estimate of drug-likeness (QED) is 0.227. The predicted octanol–water partition coefficient (Wildman–Crippen LogP) is 6.45. The number of allylic oxidation sites excluding steroid dienone is 1. The molecule has 0 radical (unpaired) electrons. The Hall–Kier alpha value is -1.69. The van der Waals surface area contributed by atoms with Gasteiger partial charge in [0.05, 0.1) is 18.5 Å². The van der Waals surface area contributed by atoms with E-state index in [1.54, 1.807) is 23.3 Å². The Kier molecular flexibility index (Phi) is 9.08. The van der Waals surface area contributed by atoms with E-state index in [1.165, 1.54) is 15.3 Å². The maximum Gasteiger partial charge on any atom is 0.327 e. The summed E-state index contributed by atoms with van der Waals surface area (Å²) in [4.78, 5) is 14.5. The van der Waals surface area contributed by atoms with E-state index in [2.05, 4.69) is 40.7 Å². The van der Waals surface area contributed by atoms with E-state index < -0.39 is 6.17 Å². The number of carbonyl (C=O) groups excluding carboxylic acids is 1. The molecule has 0 N–H and O–H groups in total. The van der Waals surface area contributed by atoms with Gasteiger partial charge in [0, 0.05) is 21.5 Å². The number of ether oxygens (including phenoxy) is 1. The van der Waals surface area contributed by atoms with Gasteiger partial charge in [-0.25, -0.2) is 4.39 Å². The summed E-state index contributed by atoms with van der Waals surface area (Å²) in [6, 6.07) is 2.22. The normalized spacial score (nSPS) is 17.0. The maximum atomic E-state index is 13.5. The van der Waals surface area contributed by atoms with Gasteiger partial charge in [-0.05, 0) is 63.9 Å². The molecule has 0 saturated heterocycles. The van der Waals surface area contributed by atoms with E-state index in [0.29, 0.717) is 18.9 Å². The highest BCUT2D eigenvalue weighted by atomic mass is 32.1. The number of aryl methyl sites for hydroxylation is 1. The second-order valence-electron chi connectivity index (χ2n) is 8.73. The van der Waals surface area contributed by atoms with Crippen molar-refractivity contribution < 1.29 is 13.9 Å². The summed E-state index contributed by atoms with van der Waals surface area (Å²) in [5.41, 5.74) is 3.40. The van der Waals surface area contributed by atoms with Crippen LogP contribution < -0.4 is 0 Å². The van der Waals surface area contributed by atoms with Crippen molar-refractivity contribution in [2.24, 2.45) is 16.9 Å². The van der Waals surface area contributed by atoms with Crippen LogP contribution in [-0.4, -0.2) is 36.0 Å². The zero-order valence-corrected chi connectivity index (χ0v) is 20.3. The Balaban J connectivity index is 2.32. The van der Waals surface area contributed by atoms with E-state index in [-0.39, 0.29) is 24.3 Å². The van der Waals surface area contributed by atoms with Crippen LogP contribution >= 0.6 is 11.3 Å². The first-order valence-corrected chi connectivity index (χ1v) is 11.9. The first-order valence-electron chi connectivity index (χ1n) is 11.1. The number of esters is 1. The molecule has 2 rings (SSSR count). The van der Waals surface area contributed by atoms with E-state index in [0.717, 1.165) is 24.1 Å². The van der Waals surface area contributed by atoms with Crippen molar-refractivity contribution in [3.05, 3.63) is 33.2 Å². The molecule has 3 unspecified atom stereocenters. The minimum Gasteiger partial charge on any atom is -0.465 e. The van der Waals surface area contributed by atoms with E-state index >= 15 is 0 Å². The Morgan fingerprint density at radius 1 is 1.30 bits per heavy atom. The van der Waals surface area contributed by atoms with Gasteiger partial charge in [0.25, 0.3) is 0 Å². The van der Waals surface area contributed by atoms with Crippen molar-refractivity contribution in [2.45, 2.75) is 79.8 Å². The SMILES string of the molecule is CCOC(=O)CN(C=C1CC1)/N=C(\c1cc(C(C)C(C)CC(C)F)sc1C)C(C)C. The van der Waals surface area contributed by atoms with E-state index in [1.807, 2.05) is 13.1 Å². The summed E-state index contributed by atoms with van der Waals surface area (Å²) in [6.07, 6.45) is 3.89. The molecule has 0 bridgehead atoms. The predicted molar refractivity (Wildman–Crippen MR) is 124 cm³/mol. The standard InChI is InChI=1S/C24H37FN2O2S/c1-8-29-23(28)14-27(13-20-9-10-20)26-24(15(2)3)21-12-22(30-19(21)7)18(6)16(4)11-17(5)25/h12-13,15-18H,8-11,14H2,1-7H3/b26-24-. The fourth-order valence-electron chi connectivity index (χ4n) is 3.46. The summed E-state index contributed by atoms with van der Waals surface area (Å²) in [7, 11) is 0. The smallest absolute Gasteiger partial charge is 0.327 e. The third-order valence-electron chi connectivity index (χ3n) is 5.46. The average Bonchev–Trinajstić information content (AvgIpc) is 3.38. The fraction of sp³-hybridized carbons (Fsp3) is 0.667. The second kappa shape index (κ2) is 11.1. The van der Waals surface area contributed by atoms with Gasteiger partial charge in [0.1, 0.15) is 6.54 Å². The van der Waals surface area contributed by atoms with E-state index in [9.17, 15) is 9.18 Å². The first-order chi connectivity index (χ1) is 14.1. The number of hydrogen-bond donors (Lipinski definition) is 0. The number of nitrogens with zero attached hydrogens (tertiary/aromatic N) is 2. The van der Waals surface area contributed by atoms with Crippen LogP contribution in [0.5, 0.6) is 0 Å². The van der Waals surface area contributed by atoms with Crippen molar-refractivity contribution in [1.29, 1.82) is 0 Å². The molecule has 1 saturated carbocycles. The number of hydrazone groups is 1. The monoisotopic (exact) mass is 436 g/mol. The number of alkyl halides is 1. The number of carbonyl (C=O) groups is 1. The first kappa shape index (κ1) is 24.6. The summed E-state index contributed by atoms with van der Waals surface area (Å²) in [5, 5.41) is 6.63. The van der Waals surface area contributed by atoms with Gasteiger partial charge >= 0.3 is 5.97 Å². The van der Waals surface area contributed by atoms with Crippen LogP contribution in [0.15, 0.2) is 22.9 Å². The number of halogens is 1. The molecule has 3 atom stereocenters. The van der Waals surface area contributed by atoms with Gasteiger partial charge in [-0.1, -0.05) is 33.3 Å². The summed E-state index contributed by atoms with van der Waals surface area (Å²) >= 11 is 1.77. The zero-order valence-electron chi connectivity index (χ0n) is 19.5. The topological polar surface area (TPSA) is 41.9 Å². The Morgan fingerprint density at radius 2 is 1.97 bits per heavy atom. The van der Waals surface area contributed by atoms with Crippen LogP contribution in [-0.2, 0) is 9.53 Å². The molecule has 1 aliphatic carbocycles. The lowest BCUT2D eigenvalue weighted by molar-refractivity contribution is -0.143. The van der Waals surface area contributed by atoms with Crippen LogP contribution in [0.4, 0.5) is 4.39 Å². The van der Waals surface area contributed by atoms with Crippen molar-refractivity contribution in [3.63, 3.8) is 0 Å². The molecule has 1 aromatic rings. The molecule has 0 aromatic carbocycles. The molecule has 1 aromatic heterocycles. The number of thiophene rings is 1. The Morgan fingerprint density at radius 3 is 2.50 bits per heavy atom. The molecular formula is C24H37FN2O2S. The van der Waals surface area contributed by atoms with Gasteiger partial charge in [-0.2, -0.15) is 5.10 Å². The molecule has 30 heavy (non-hydrogen) atoms. The van der Waals surface area contributed by atoms with Gasteiger partial charge < -0.3 is 4.74 Å². The molecule has 0 spiro atoms. The lowest BCUT2D eigenvalue weighted by Gasteiger charge is -2.19. The Labute approximate surface area is 185 Å². The van der Waals surface area contributed by atoms with Gasteiger partial charge in [-0.15, -0.1) is 11.3 Å². The minimum atomic E-state index is -0.789. The molecule has 1 aliphatic rings. The third-order valence-corrected chi connectivity index (χ3v) is 6.71. The molecule has 0 aliphatic heterocycles. The molecule has 168 valence electrons. The van der Waals surface area contributed by atoms with Crippen LogP contribution in [0, 0.1) is 18.8 Å². The Bertz CT molecular complexity index is 776. The fourth-order valence-corrected chi connectivity index (χ4v) is 4.68. The summed E-state index contributed by atoms with van der Waals surface area (Å²) in [5.74, 6) is 0.493. The largest absolute Gasteiger partial charge is 0.465 e. The lowest BCUT2D eigenvalue weighted by Crippen LogP contribution is -2.25. The highest BCUT2D eigenvalue weighted by molar-refractivity contribution is 7.12. The highest BCUT2D eigenvalue weighted by Gasteiger charge is 2.23. The zero-order chi connectivity index (χ0) is 22.4. The van der Waals surface area contributed by atoms with Crippen LogP contribution in [0.25, 0.3) is 0 Å². The summed E-state index contributed by atoms with van der Waals surface area (Å²) < 4.78 is 18.6. The lowest BCUT2D eigenvalue weighted by atomic mass is 9.89. The van der Waals surface area contributed by atoms with Crippen LogP contribution in [0.3, 0.4) is 0 Å². The van der Waals surface area contributed by atoms with Crippen molar-refractivity contribution in [3.8, 4) is 0 Å². The van der Waals surface area contributed by atoms with Crippen molar-refractivity contribution in [2.75, 3.05) is 13.2 Å². The minimum absolute atomic E-state index is 0.116. The number of hydrogen-bond acceptors (Lipinski definition) is 5. The molecular weight excluding hydrogens is 399 g/mol. The van der Waals surface area contributed by atoms with Crippen molar-refractivity contribution in [1.82, 2.24) is 5.01 Å². The third kappa shape index (κ3) is 7.22. The molecule has 4 nitrogen and oxygen atoms in total. The second-order valence-corrected chi connectivity index (χ2v) is 10.0. The molecule has 6 heteroatoms. The van der Waals surface area contributed by atoms with Crippen molar-refractivity contribution >= 4 is 23.0 Å². The molecule has 0 amide bonds. The van der Waals surface area contributed by atoms with Gasteiger partial charge in [-0.3, -0.25) is 9.80 Å². The van der Waals surface area contributed by atoms with E-state index in [4.69, 9.17) is 9.84 Å². The molecule has 1 heterocycles. The van der Waals surface area contributed by atoms with Gasteiger partial charge in [0.2, 0.25) is 0 Å².